The van der Waals surface area contributed by atoms with Crippen LogP contribution >= 0.6 is 22.9 Å². The molecule has 0 bridgehead atoms. The van der Waals surface area contributed by atoms with Gasteiger partial charge < -0.3 is 10.6 Å². The summed E-state index contributed by atoms with van der Waals surface area (Å²) in [6.07, 6.45) is 0. The lowest BCUT2D eigenvalue weighted by Gasteiger charge is -2.31. The molecule has 0 aliphatic rings. The van der Waals surface area contributed by atoms with Crippen molar-refractivity contribution in [2.75, 3.05) is 18.0 Å². The Labute approximate surface area is 123 Å². The number of likely N-dealkylation sites (N-methyl/N-ethyl adjacent to an activating group) is 1. The van der Waals surface area contributed by atoms with E-state index >= 15 is 0 Å². The van der Waals surface area contributed by atoms with E-state index in [1.54, 1.807) is 11.3 Å². The summed E-state index contributed by atoms with van der Waals surface area (Å²) in [5.41, 5.74) is 8.45. The van der Waals surface area contributed by atoms with Crippen LogP contribution in [-0.2, 0) is 0 Å². The minimum absolute atomic E-state index is 0.185. The molecule has 0 amide bonds. The Bertz CT molecular complexity index is 521. The van der Waals surface area contributed by atoms with Crippen LogP contribution in [0.25, 0.3) is 0 Å². The van der Waals surface area contributed by atoms with Gasteiger partial charge in [-0.15, -0.1) is 11.3 Å². The first kappa shape index (κ1) is 14.4. The predicted octanol–water partition coefficient (Wildman–Crippen LogP) is 4.24. The number of aryl methyl sites for hydroxylation is 1. The second-order valence-electron chi connectivity index (χ2n) is 4.54. The molecule has 1 aromatic heterocycles. The predicted molar refractivity (Wildman–Crippen MR) is 85.3 cm³/mol. The Hall–Kier alpha value is -1.03. The number of nitrogens with two attached hydrogens (primary N) is 1. The molecule has 1 aromatic carbocycles. The van der Waals surface area contributed by atoms with Gasteiger partial charge in [-0.1, -0.05) is 29.3 Å². The summed E-state index contributed by atoms with van der Waals surface area (Å²) in [5.74, 6) is 0. The Morgan fingerprint density at radius 3 is 2.47 bits per heavy atom. The van der Waals surface area contributed by atoms with Crippen LogP contribution in [-0.4, -0.2) is 13.1 Å². The van der Waals surface area contributed by atoms with E-state index in [1.807, 2.05) is 11.4 Å². The van der Waals surface area contributed by atoms with Crippen LogP contribution in [0.15, 0.2) is 35.7 Å². The maximum Gasteiger partial charge on any atom is 0.0757 e. The zero-order chi connectivity index (χ0) is 13.8. The monoisotopic (exact) mass is 294 g/mol. The van der Waals surface area contributed by atoms with E-state index in [1.165, 1.54) is 16.1 Å². The van der Waals surface area contributed by atoms with E-state index in [0.717, 1.165) is 11.6 Å². The molecule has 0 aliphatic carbocycles. The molecular formula is C15H19ClN2S. The summed E-state index contributed by atoms with van der Waals surface area (Å²) in [4.78, 5) is 3.54. The van der Waals surface area contributed by atoms with Crippen molar-refractivity contribution in [1.82, 2.24) is 0 Å². The van der Waals surface area contributed by atoms with E-state index < -0.39 is 0 Å². The third kappa shape index (κ3) is 3.30. The van der Waals surface area contributed by atoms with Gasteiger partial charge in [0.2, 0.25) is 0 Å². The fourth-order valence-corrected chi connectivity index (χ4v) is 3.43. The highest BCUT2D eigenvalue weighted by Crippen LogP contribution is 2.31. The Morgan fingerprint density at radius 2 is 2.00 bits per heavy atom. The van der Waals surface area contributed by atoms with Gasteiger partial charge in [0.15, 0.2) is 0 Å². The molecular weight excluding hydrogens is 276 g/mol. The SMILES string of the molecule is CCN(c1ccc(C)cc1)C(CN)c1cc(Cl)cs1. The first-order valence-corrected chi connectivity index (χ1v) is 7.68. The van der Waals surface area contributed by atoms with Gasteiger partial charge in [-0.3, -0.25) is 0 Å². The summed E-state index contributed by atoms with van der Waals surface area (Å²) >= 11 is 7.70. The molecule has 1 heterocycles. The van der Waals surface area contributed by atoms with Crippen molar-refractivity contribution in [3.63, 3.8) is 0 Å². The van der Waals surface area contributed by atoms with Gasteiger partial charge in [-0.05, 0) is 32.0 Å². The second-order valence-corrected chi connectivity index (χ2v) is 5.92. The van der Waals surface area contributed by atoms with Crippen molar-refractivity contribution in [3.8, 4) is 0 Å². The highest BCUT2D eigenvalue weighted by Gasteiger charge is 2.19. The molecule has 1 unspecified atom stereocenters. The molecule has 0 aliphatic heterocycles. The first-order valence-electron chi connectivity index (χ1n) is 6.43. The lowest BCUT2D eigenvalue weighted by molar-refractivity contribution is 0.653. The van der Waals surface area contributed by atoms with Crippen LogP contribution in [0, 0.1) is 6.92 Å². The number of hydrogen-bond acceptors (Lipinski definition) is 3. The van der Waals surface area contributed by atoms with E-state index in [0.29, 0.717) is 6.54 Å². The second kappa shape index (κ2) is 6.42. The molecule has 19 heavy (non-hydrogen) atoms. The first-order chi connectivity index (χ1) is 9.15. The summed E-state index contributed by atoms with van der Waals surface area (Å²) < 4.78 is 0. The third-order valence-electron chi connectivity index (χ3n) is 3.22. The molecule has 0 saturated carbocycles. The molecule has 0 fully saturated rings. The highest BCUT2D eigenvalue weighted by atomic mass is 35.5. The lowest BCUT2D eigenvalue weighted by Crippen LogP contribution is -2.33. The topological polar surface area (TPSA) is 29.3 Å². The lowest BCUT2D eigenvalue weighted by atomic mass is 10.1. The van der Waals surface area contributed by atoms with E-state index in [9.17, 15) is 0 Å². The van der Waals surface area contributed by atoms with E-state index in [2.05, 4.69) is 43.0 Å². The van der Waals surface area contributed by atoms with Crippen LogP contribution in [0.5, 0.6) is 0 Å². The standard InChI is InChI=1S/C15H19ClN2S/c1-3-18(13-6-4-11(2)5-7-13)14(9-17)15-8-12(16)10-19-15/h4-8,10,14H,3,9,17H2,1-2H3. The van der Waals surface area contributed by atoms with Gasteiger partial charge in [0.25, 0.3) is 0 Å². The van der Waals surface area contributed by atoms with Gasteiger partial charge in [-0.2, -0.15) is 0 Å². The third-order valence-corrected chi connectivity index (χ3v) is 4.60. The summed E-state index contributed by atoms with van der Waals surface area (Å²) in [5, 5.41) is 2.75. The number of benzene rings is 1. The Morgan fingerprint density at radius 1 is 1.32 bits per heavy atom. The van der Waals surface area contributed by atoms with Crippen molar-refractivity contribution >= 4 is 28.6 Å². The zero-order valence-corrected chi connectivity index (χ0v) is 12.8. The molecule has 1 atom stereocenters. The maximum atomic E-state index is 6.03. The molecule has 0 spiro atoms. The number of hydrogen-bond donors (Lipinski definition) is 1. The summed E-state index contributed by atoms with van der Waals surface area (Å²) in [6.45, 7) is 5.75. The van der Waals surface area contributed by atoms with Crippen molar-refractivity contribution in [2.45, 2.75) is 19.9 Å². The normalized spacial score (nSPS) is 12.4. The zero-order valence-electron chi connectivity index (χ0n) is 11.3. The Kier molecular flexibility index (Phi) is 4.86. The van der Waals surface area contributed by atoms with Crippen molar-refractivity contribution in [3.05, 3.63) is 51.2 Å². The number of nitrogens with zero attached hydrogens (tertiary/aromatic N) is 1. The van der Waals surface area contributed by atoms with E-state index in [-0.39, 0.29) is 6.04 Å². The minimum Gasteiger partial charge on any atom is -0.363 e. The highest BCUT2D eigenvalue weighted by molar-refractivity contribution is 7.10. The van der Waals surface area contributed by atoms with Crippen LogP contribution in [0.1, 0.15) is 23.4 Å². The van der Waals surface area contributed by atoms with Crippen molar-refractivity contribution in [1.29, 1.82) is 0 Å². The minimum atomic E-state index is 0.185. The molecule has 102 valence electrons. The largest absolute Gasteiger partial charge is 0.363 e. The number of anilines is 1. The maximum absolute atomic E-state index is 6.03. The fraction of sp³-hybridized carbons (Fsp3) is 0.333. The number of thiophene rings is 1. The van der Waals surface area contributed by atoms with Crippen molar-refractivity contribution in [2.24, 2.45) is 5.73 Å². The average molecular weight is 295 g/mol. The molecule has 2 nitrogen and oxygen atoms in total. The smallest absolute Gasteiger partial charge is 0.0757 e. The van der Waals surface area contributed by atoms with Gasteiger partial charge in [0.1, 0.15) is 0 Å². The number of halogens is 1. The number of rotatable bonds is 5. The van der Waals surface area contributed by atoms with Crippen LogP contribution in [0.2, 0.25) is 5.02 Å². The van der Waals surface area contributed by atoms with Gasteiger partial charge >= 0.3 is 0 Å². The van der Waals surface area contributed by atoms with Crippen LogP contribution in [0.3, 0.4) is 0 Å². The molecule has 0 saturated heterocycles. The summed E-state index contributed by atoms with van der Waals surface area (Å²) in [7, 11) is 0. The van der Waals surface area contributed by atoms with Crippen molar-refractivity contribution < 1.29 is 0 Å². The fourth-order valence-electron chi connectivity index (χ4n) is 2.22. The quantitative estimate of drug-likeness (QED) is 0.894. The molecule has 2 aromatic rings. The van der Waals surface area contributed by atoms with E-state index in [4.69, 9.17) is 17.3 Å². The molecule has 4 heteroatoms. The molecule has 2 N–H and O–H groups in total. The van der Waals surface area contributed by atoms with Crippen LogP contribution in [0.4, 0.5) is 5.69 Å². The Balaban J connectivity index is 2.31. The molecule has 2 rings (SSSR count). The van der Waals surface area contributed by atoms with Gasteiger partial charge in [0, 0.05) is 29.0 Å². The summed E-state index contributed by atoms with van der Waals surface area (Å²) in [6, 6.07) is 10.8. The average Bonchev–Trinajstić information content (AvgIpc) is 2.83. The van der Waals surface area contributed by atoms with Gasteiger partial charge in [0.05, 0.1) is 11.1 Å². The van der Waals surface area contributed by atoms with Gasteiger partial charge in [-0.25, -0.2) is 0 Å². The molecule has 0 radical (unpaired) electrons. The van der Waals surface area contributed by atoms with Crippen LogP contribution < -0.4 is 10.6 Å².